The third-order valence-corrected chi connectivity index (χ3v) is 7.59. The number of ketones is 4. The molecule has 12 nitrogen and oxygen atoms in total. The minimum Gasteiger partial charge on any atom is -0.504 e. The average molecular weight is 651 g/mol. The van der Waals surface area contributed by atoms with Crippen LogP contribution in [0.3, 0.4) is 0 Å². The fourth-order valence-corrected chi connectivity index (χ4v) is 4.95. The lowest BCUT2D eigenvalue weighted by atomic mass is 9.90. The molecule has 0 spiro atoms. The smallest absolute Gasteiger partial charge is 0.201 e. The number of benzene rings is 5. The molecule has 0 saturated heterocycles. The van der Waals surface area contributed by atoms with Crippen LogP contribution in [0.1, 0.15) is 63.7 Å². The molecule has 0 radical (unpaired) electrons. The first-order valence-electron chi connectivity index (χ1n) is 14.0. The highest BCUT2D eigenvalue weighted by Gasteiger charge is 2.27. The number of methoxy groups -OCH3 is 2. The molecule has 48 heavy (non-hydrogen) atoms. The van der Waals surface area contributed by atoms with Crippen molar-refractivity contribution in [3.05, 3.63) is 129 Å². The van der Waals surface area contributed by atoms with E-state index in [4.69, 9.17) is 9.47 Å². The molecule has 5 rings (SSSR count). The van der Waals surface area contributed by atoms with E-state index in [0.717, 1.165) is 24.3 Å². The number of rotatable bonds is 10. The Morgan fingerprint density at radius 2 is 0.729 bits per heavy atom. The second-order valence-electron chi connectivity index (χ2n) is 10.4. The lowest BCUT2D eigenvalue weighted by Crippen LogP contribution is -2.13. The Kier molecular flexibility index (Phi) is 8.74. The largest absolute Gasteiger partial charge is 0.504 e. The Hall–Kier alpha value is -6.82. The Balaban J connectivity index is 1.51. The SMILES string of the molecule is COc1ccc(C(=O)c2ccc(O)c(O)c2O)c(C(=O)c2ccc(C(=O)c3cc(OC)ccc3C(=O)c3ccc(O)c(O)c3O)cc2)c1. The number of carbonyl (C=O) groups is 4. The van der Waals surface area contributed by atoms with Gasteiger partial charge in [0, 0.05) is 33.4 Å². The zero-order valence-corrected chi connectivity index (χ0v) is 25.2. The highest BCUT2D eigenvalue weighted by molar-refractivity contribution is 6.22. The van der Waals surface area contributed by atoms with Crippen molar-refractivity contribution in [1.82, 2.24) is 0 Å². The molecule has 0 unspecified atom stereocenters. The summed E-state index contributed by atoms with van der Waals surface area (Å²) in [5.41, 5.74) is -1.18. The molecule has 0 saturated carbocycles. The summed E-state index contributed by atoms with van der Waals surface area (Å²) in [5.74, 6) is -7.33. The van der Waals surface area contributed by atoms with Crippen LogP contribution in [0.25, 0.3) is 0 Å². The maximum atomic E-state index is 13.7. The third kappa shape index (κ3) is 5.81. The molecule has 0 aliphatic rings. The molecule has 0 atom stereocenters. The van der Waals surface area contributed by atoms with Crippen LogP contribution in [0.2, 0.25) is 0 Å². The molecule has 5 aromatic rings. The highest BCUT2D eigenvalue weighted by Crippen LogP contribution is 2.40. The van der Waals surface area contributed by atoms with Gasteiger partial charge >= 0.3 is 0 Å². The fourth-order valence-electron chi connectivity index (χ4n) is 4.95. The van der Waals surface area contributed by atoms with E-state index in [1.165, 1.54) is 74.9 Å². The van der Waals surface area contributed by atoms with E-state index in [9.17, 15) is 49.8 Å². The van der Waals surface area contributed by atoms with Gasteiger partial charge in [0.15, 0.2) is 46.1 Å². The van der Waals surface area contributed by atoms with Crippen LogP contribution in [0.5, 0.6) is 46.0 Å². The van der Waals surface area contributed by atoms with Crippen molar-refractivity contribution in [2.75, 3.05) is 14.2 Å². The average Bonchev–Trinajstić information content (AvgIpc) is 3.11. The van der Waals surface area contributed by atoms with Crippen molar-refractivity contribution in [1.29, 1.82) is 0 Å². The Morgan fingerprint density at radius 3 is 1.06 bits per heavy atom. The van der Waals surface area contributed by atoms with E-state index in [2.05, 4.69) is 0 Å². The van der Waals surface area contributed by atoms with E-state index in [0.29, 0.717) is 0 Å². The topological polar surface area (TPSA) is 208 Å². The standard InChI is InChI=1S/C36H26O12/c1-47-19-7-9-21(31(41)23-11-13-27(37)35(45)33(23)43)25(15-19)29(39)17-3-5-18(6-4-17)30(40)26-16-20(48-2)8-10-22(26)32(42)24-12-14-28(38)36(46)34(24)44/h3-16,37-38,43-46H,1-2H3. The Labute approximate surface area is 271 Å². The quantitative estimate of drug-likeness (QED) is 0.0885. The minimum absolute atomic E-state index is 0.0538. The molecule has 0 aliphatic heterocycles. The van der Waals surface area contributed by atoms with Gasteiger partial charge in [-0.3, -0.25) is 19.2 Å². The monoisotopic (exact) mass is 650 g/mol. The summed E-state index contributed by atoms with van der Waals surface area (Å²) in [4.78, 5) is 54.3. The first-order valence-corrected chi connectivity index (χ1v) is 14.0. The van der Waals surface area contributed by atoms with Gasteiger partial charge in [0.1, 0.15) is 11.5 Å². The zero-order chi connectivity index (χ0) is 34.9. The molecule has 0 heterocycles. The molecule has 0 aliphatic carbocycles. The van der Waals surface area contributed by atoms with Crippen LogP contribution in [0, 0.1) is 0 Å². The van der Waals surface area contributed by atoms with E-state index in [-0.39, 0.29) is 56.0 Å². The minimum atomic E-state index is -0.901. The lowest BCUT2D eigenvalue weighted by molar-refractivity contribution is 0.0999. The summed E-state index contributed by atoms with van der Waals surface area (Å²) in [7, 11) is 2.72. The second kappa shape index (κ2) is 12.9. The molecule has 6 N–H and O–H groups in total. The van der Waals surface area contributed by atoms with Gasteiger partial charge in [-0.2, -0.15) is 0 Å². The van der Waals surface area contributed by atoms with Gasteiger partial charge < -0.3 is 40.1 Å². The van der Waals surface area contributed by atoms with Crippen LogP contribution in [-0.2, 0) is 0 Å². The first-order chi connectivity index (χ1) is 22.9. The summed E-state index contributed by atoms with van der Waals surface area (Å²) in [6, 6.07) is 17.6. The normalized spacial score (nSPS) is 10.7. The summed E-state index contributed by atoms with van der Waals surface area (Å²) < 4.78 is 10.5. The number of phenolic OH excluding ortho intramolecular Hbond substituents is 6. The number of hydrogen-bond acceptors (Lipinski definition) is 12. The molecule has 0 aromatic heterocycles. The summed E-state index contributed by atoms with van der Waals surface area (Å²) >= 11 is 0. The molecule has 12 heteroatoms. The zero-order valence-electron chi connectivity index (χ0n) is 25.2. The Morgan fingerprint density at radius 1 is 0.396 bits per heavy atom. The maximum Gasteiger partial charge on any atom is 0.201 e. The predicted octanol–water partition coefficient (Wildman–Crippen LogP) is 4.86. The highest BCUT2D eigenvalue weighted by atomic mass is 16.5. The van der Waals surface area contributed by atoms with E-state index < -0.39 is 57.6 Å². The number of ether oxygens (including phenoxy) is 2. The number of aromatic hydroxyl groups is 6. The van der Waals surface area contributed by atoms with Gasteiger partial charge in [0.25, 0.3) is 0 Å². The summed E-state index contributed by atoms with van der Waals surface area (Å²) in [6.45, 7) is 0. The van der Waals surface area contributed by atoms with Crippen molar-refractivity contribution in [3.63, 3.8) is 0 Å². The van der Waals surface area contributed by atoms with Crippen molar-refractivity contribution < 1.29 is 59.3 Å². The molecule has 0 bridgehead atoms. The molecule has 242 valence electrons. The van der Waals surface area contributed by atoms with Gasteiger partial charge in [-0.15, -0.1) is 0 Å². The van der Waals surface area contributed by atoms with Gasteiger partial charge in [-0.25, -0.2) is 0 Å². The van der Waals surface area contributed by atoms with E-state index in [1.807, 2.05) is 0 Å². The number of phenols is 6. The third-order valence-electron chi connectivity index (χ3n) is 7.59. The lowest BCUT2D eigenvalue weighted by Gasteiger charge is -2.13. The maximum absolute atomic E-state index is 13.7. The van der Waals surface area contributed by atoms with Crippen LogP contribution in [0.4, 0.5) is 0 Å². The van der Waals surface area contributed by atoms with E-state index in [1.54, 1.807) is 0 Å². The second-order valence-corrected chi connectivity index (χ2v) is 10.4. The van der Waals surface area contributed by atoms with Crippen LogP contribution < -0.4 is 9.47 Å². The van der Waals surface area contributed by atoms with Crippen LogP contribution >= 0.6 is 0 Å². The fraction of sp³-hybridized carbons (Fsp3) is 0.0556. The van der Waals surface area contributed by atoms with Crippen LogP contribution in [0.15, 0.2) is 84.9 Å². The van der Waals surface area contributed by atoms with Crippen molar-refractivity contribution in [2.45, 2.75) is 0 Å². The van der Waals surface area contributed by atoms with Gasteiger partial charge in [0.2, 0.25) is 11.5 Å². The number of hydrogen-bond donors (Lipinski definition) is 6. The molecule has 0 amide bonds. The van der Waals surface area contributed by atoms with Crippen molar-refractivity contribution in [2.24, 2.45) is 0 Å². The van der Waals surface area contributed by atoms with Gasteiger partial charge in [-0.05, 0) is 60.7 Å². The molecule has 5 aromatic carbocycles. The number of carbonyl (C=O) groups excluding carboxylic acids is 4. The molecular formula is C36H26O12. The Bertz CT molecular complexity index is 1980. The summed E-state index contributed by atoms with van der Waals surface area (Å²) in [5, 5.41) is 59.7. The van der Waals surface area contributed by atoms with Crippen LogP contribution in [-0.4, -0.2) is 68.0 Å². The van der Waals surface area contributed by atoms with Gasteiger partial charge in [0.05, 0.1) is 25.3 Å². The summed E-state index contributed by atoms with van der Waals surface area (Å²) in [6.07, 6.45) is 0. The molecule has 0 fully saturated rings. The van der Waals surface area contributed by atoms with Crippen molar-refractivity contribution >= 4 is 23.1 Å². The molecular weight excluding hydrogens is 624 g/mol. The van der Waals surface area contributed by atoms with Crippen molar-refractivity contribution in [3.8, 4) is 46.0 Å². The predicted molar refractivity (Wildman–Crippen MR) is 169 cm³/mol. The van der Waals surface area contributed by atoms with Gasteiger partial charge in [-0.1, -0.05) is 24.3 Å². The first kappa shape index (κ1) is 32.6. The van der Waals surface area contributed by atoms with E-state index >= 15 is 0 Å².